The van der Waals surface area contributed by atoms with Crippen LogP contribution in [0.1, 0.15) is 16.4 Å². The fourth-order valence-corrected chi connectivity index (χ4v) is 1.94. The molecule has 0 fully saturated rings. The second kappa shape index (κ2) is 6.04. The van der Waals surface area contributed by atoms with E-state index in [1.165, 1.54) is 0 Å². The number of aromatic nitrogens is 3. The molecule has 2 N–H and O–H groups in total. The van der Waals surface area contributed by atoms with Gasteiger partial charge in [-0.3, -0.25) is 4.79 Å². The highest BCUT2D eigenvalue weighted by molar-refractivity contribution is 5.92. The smallest absolute Gasteiger partial charge is 0.289 e. The third-order valence-electron chi connectivity index (χ3n) is 3.01. The molecule has 0 atom stereocenters. The number of H-pyrrole nitrogens is 1. The predicted octanol–water partition coefficient (Wildman–Crippen LogP) is 2.04. The molecule has 0 saturated heterocycles. The van der Waals surface area contributed by atoms with E-state index in [4.69, 9.17) is 4.52 Å². The topological polar surface area (TPSA) is 83.8 Å². The summed E-state index contributed by atoms with van der Waals surface area (Å²) in [7, 11) is 0. The molecule has 0 aliphatic carbocycles. The van der Waals surface area contributed by atoms with Crippen LogP contribution in [-0.4, -0.2) is 27.6 Å². The van der Waals surface area contributed by atoms with E-state index in [2.05, 4.69) is 20.4 Å². The van der Waals surface area contributed by atoms with Gasteiger partial charge in [-0.05, 0) is 0 Å². The predicted molar refractivity (Wildman–Crippen MR) is 76.6 cm³/mol. The molecule has 0 radical (unpaired) electrons. The van der Waals surface area contributed by atoms with Crippen molar-refractivity contribution in [2.75, 3.05) is 6.54 Å². The van der Waals surface area contributed by atoms with Gasteiger partial charge in [-0.1, -0.05) is 35.5 Å². The summed E-state index contributed by atoms with van der Waals surface area (Å²) in [6.45, 7) is 0.480. The number of hydrogen-bond donors (Lipinski definition) is 2. The Balaban J connectivity index is 1.59. The van der Waals surface area contributed by atoms with Gasteiger partial charge in [-0.15, -0.1) is 0 Å². The Morgan fingerprint density at radius 3 is 2.90 bits per heavy atom. The Hall–Kier alpha value is -2.89. The van der Waals surface area contributed by atoms with Crippen LogP contribution < -0.4 is 5.32 Å². The number of imidazole rings is 1. The van der Waals surface area contributed by atoms with Crippen molar-refractivity contribution in [3.05, 3.63) is 60.4 Å². The first-order valence-electron chi connectivity index (χ1n) is 6.61. The highest BCUT2D eigenvalue weighted by atomic mass is 16.5. The monoisotopic (exact) mass is 282 g/mol. The van der Waals surface area contributed by atoms with Gasteiger partial charge in [-0.2, -0.15) is 0 Å². The second-order valence-corrected chi connectivity index (χ2v) is 4.48. The minimum Gasteiger partial charge on any atom is -0.350 e. The van der Waals surface area contributed by atoms with E-state index in [1.807, 2.05) is 30.3 Å². The Morgan fingerprint density at radius 2 is 2.14 bits per heavy atom. The molecule has 0 aliphatic rings. The standard InChI is InChI=1S/C15H14N4O2/c20-15(18-7-6-14-16-8-9-17-14)13-10-12(19-21-13)11-4-2-1-3-5-11/h1-5,8-10H,6-7H2,(H,16,17)(H,18,20). The molecule has 0 aliphatic heterocycles. The van der Waals surface area contributed by atoms with Gasteiger partial charge in [0.05, 0.1) is 0 Å². The first-order chi connectivity index (χ1) is 10.3. The van der Waals surface area contributed by atoms with E-state index in [0.717, 1.165) is 11.4 Å². The zero-order valence-corrected chi connectivity index (χ0v) is 11.2. The van der Waals surface area contributed by atoms with Crippen molar-refractivity contribution in [1.82, 2.24) is 20.4 Å². The number of carbonyl (C=O) groups excluding carboxylic acids is 1. The molecule has 3 aromatic rings. The van der Waals surface area contributed by atoms with Crippen molar-refractivity contribution < 1.29 is 9.32 Å². The van der Waals surface area contributed by atoms with Crippen LogP contribution >= 0.6 is 0 Å². The van der Waals surface area contributed by atoms with Crippen molar-refractivity contribution >= 4 is 5.91 Å². The van der Waals surface area contributed by atoms with Crippen LogP contribution in [0.2, 0.25) is 0 Å². The lowest BCUT2D eigenvalue weighted by atomic mass is 10.1. The minimum atomic E-state index is -0.281. The van der Waals surface area contributed by atoms with Crippen LogP contribution in [0.3, 0.4) is 0 Å². The Bertz CT molecular complexity index is 704. The molecule has 0 bridgehead atoms. The van der Waals surface area contributed by atoms with Crippen molar-refractivity contribution in [2.45, 2.75) is 6.42 Å². The molecule has 3 rings (SSSR count). The highest BCUT2D eigenvalue weighted by Gasteiger charge is 2.13. The Kier molecular flexibility index (Phi) is 3.77. The minimum absolute atomic E-state index is 0.202. The third-order valence-corrected chi connectivity index (χ3v) is 3.01. The number of amides is 1. The van der Waals surface area contributed by atoms with Crippen LogP contribution in [-0.2, 0) is 6.42 Å². The second-order valence-electron chi connectivity index (χ2n) is 4.48. The molecule has 6 heteroatoms. The lowest BCUT2D eigenvalue weighted by molar-refractivity contribution is 0.0917. The maximum atomic E-state index is 11.9. The maximum absolute atomic E-state index is 11.9. The van der Waals surface area contributed by atoms with Gasteiger partial charge in [0, 0.05) is 37.0 Å². The summed E-state index contributed by atoms with van der Waals surface area (Å²) < 4.78 is 5.08. The van der Waals surface area contributed by atoms with E-state index in [9.17, 15) is 4.79 Å². The number of nitrogens with zero attached hydrogens (tertiary/aromatic N) is 2. The van der Waals surface area contributed by atoms with E-state index in [-0.39, 0.29) is 11.7 Å². The van der Waals surface area contributed by atoms with Crippen LogP contribution in [0.15, 0.2) is 53.3 Å². The molecule has 6 nitrogen and oxygen atoms in total. The molecule has 2 aromatic heterocycles. The Morgan fingerprint density at radius 1 is 1.29 bits per heavy atom. The average Bonchev–Trinajstić information content (AvgIpc) is 3.20. The van der Waals surface area contributed by atoms with E-state index >= 15 is 0 Å². The summed E-state index contributed by atoms with van der Waals surface area (Å²) in [6, 6.07) is 11.2. The molecular formula is C15H14N4O2. The molecule has 0 saturated carbocycles. The number of nitrogens with one attached hydrogen (secondary N) is 2. The zero-order chi connectivity index (χ0) is 14.5. The van der Waals surface area contributed by atoms with Crippen molar-refractivity contribution in [3.8, 4) is 11.3 Å². The summed E-state index contributed by atoms with van der Waals surface area (Å²) in [5, 5.41) is 6.68. The van der Waals surface area contributed by atoms with Crippen LogP contribution in [0.25, 0.3) is 11.3 Å². The van der Waals surface area contributed by atoms with E-state index < -0.39 is 0 Å². The molecule has 0 spiro atoms. The van der Waals surface area contributed by atoms with Crippen LogP contribution in [0.5, 0.6) is 0 Å². The third kappa shape index (κ3) is 3.17. The molecule has 2 heterocycles. The van der Waals surface area contributed by atoms with Gasteiger partial charge < -0.3 is 14.8 Å². The van der Waals surface area contributed by atoms with Crippen molar-refractivity contribution in [1.29, 1.82) is 0 Å². The average molecular weight is 282 g/mol. The van der Waals surface area contributed by atoms with Crippen molar-refractivity contribution in [3.63, 3.8) is 0 Å². The van der Waals surface area contributed by atoms with Crippen molar-refractivity contribution in [2.24, 2.45) is 0 Å². The fraction of sp³-hybridized carbons (Fsp3) is 0.133. The summed E-state index contributed by atoms with van der Waals surface area (Å²) in [5.41, 5.74) is 1.56. The van der Waals surface area contributed by atoms with Gasteiger partial charge in [0.25, 0.3) is 5.91 Å². The number of carbonyl (C=O) groups is 1. The number of benzene rings is 1. The normalized spacial score (nSPS) is 10.5. The summed E-state index contributed by atoms with van der Waals surface area (Å²) in [6.07, 6.45) is 4.07. The van der Waals surface area contributed by atoms with Crippen LogP contribution in [0.4, 0.5) is 0 Å². The summed E-state index contributed by atoms with van der Waals surface area (Å²) in [5.74, 6) is 0.752. The van der Waals surface area contributed by atoms with Crippen LogP contribution in [0, 0.1) is 0 Å². The molecule has 0 unspecified atom stereocenters. The summed E-state index contributed by atoms with van der Waals surface area (Å²) >= 11 is 0. The molecular weight excluding hydrogens is 268 g/mol. The largest absolute Gasteiger partial charge is 0.350 e. The molecule has 21 heavy (non-hydrogen) atoms. The van der Waals surface area contributed by atoms with Gasteiger partial charge in [0.1, 0.15) is 11.5 Å². The quantitative estimate of drug-likeness (QED) is 0.750. The van der Waals surface area contributed by atoms with Gasteiger partial charge >= 0.3 is 0 Å². The first kappa shape index (κ1) is 13.1. The van der Waals surface area contributed by atoms with Gasteiger partial charge in [-0.25, -0.2) is 4.98 Å². The Labute approximate surface area is 121 Å². The lowest BCUT2D eigenvalue weighted by Gasteiger charge is -2.00. The maximum Gasteiger partial charge on any atom is 0.289 e. The SMILES string of the molecule is O=C(NCCc1ncc[nH]1)c1cc(-c2ccccc2)no1. The van der Waals surface area contributed by atoms with E-state index in [1.54, 1.807) is 18.5 Å². The molecule has 1 amide bonds. The fourth-order valence-electron chi connectivity index (χ4n) is 1.94. The van der Waals surface area contributed by atoms with E-state index in [0.29, 0.717) is 18.7 Å². The highest BCUT2D eigenvalue weighted by Crippen LogP contribution is 2.18. The number of aromatic amines is 1. The number of hydrogen-bond acceptors (Lipinski definition) is 4. The molecule has 106 valence electrons. The van der Waals surface area contributed by atoms with Gasteiger partial charge in [0.2, 0.25) is 5.76 Å². The zero-order valence-electron chi connectivity index (χ0n) is 11.2. The lowest BCUT2D eigenvalue weighted by Crippen LogP contribution is -2.25. The molecule has 1 aromatic carbocycles. The number of rotatable bonds is 5. The summed E-state index contributed by atoms with van der Waals surface area (Å²) in [4.78, 5) is 19.0. The first-order valence-corrected chi connectivity index (χ1v) is 6.61. The van der Waals surface area contributed by atoms with Gasteiger partial charge in [0.15, 0.2) is 0 Å².